The number of nitrogens with two attached hydrogens (primary N) is 1. The number of hydrogen-bond donors (Lipinski definition) is 2. The Morgan fingerprint density at radius 2 is 2.25 bits per heavy atom. The Morgan fingerprint density at radius 1 is 1.50 bits per heavy atom. The number of carbonyl (C=O) groups excluding carboxylic acids is 1. The SMILES string of the molecule is Cc1ccc(CC(C)NC(=O)c2ccnc(N)c2F)s1. The minimum atomic E-state index is -0.774. The van der Waals surface area contributed by atoms with E-state index in [1.54, 1.807) is 11.3 Å². The van der Waals surface area contributed by atoms with Crippen LogP contribution in [0.1, 0.15) is 27.0 Å². The Kier molecular flexibility index (Phi) is 4.34. The molecule has 20 heavy (non-hydrogen) atoms. The quantitative estimate of drug-likeness (QED) is 0.910. The van der Waals surface area contributed by atoms with E-state index in [2.05, 4.69) is 10.3 Å². The van der Waals surface area contributed by atoms with Crippen LogP contribution in [-0.4, -0.2) is 16.9 Å². The summed E-state index contributed by atoms with van der Waals surface area (Å²) in [6, 6.07) is 5.31. The van der Waals surface area contributed by atoms with E-state index in [0.29, 0.717) is 6.42 Å². The third kappa shape index (κ3) is 3.33. The number of rotatable bonds is 4. The molecule has 4 nitrogen and oxygen atoms in total. The highest BCUT2D eigenvalue weighted by Crippen LogP contribution is 2.17. The molecule has 2 aromatic rings. The normalized spacial score (nSPS) is 12.2. The van der Waals surface area contributed by atoms with Gasteiger partial charge in [-0.25, -0.2) is 9.37 Å². The number of nitrogen functional groups attached to an aromatic ring is 1. The average Bonchev–Trinajstić information content (AvgIpc) is 2.77. The Hall–Kier alpha value is -1.95. The molecular formula is C14H16FN3OS. The second-order valence-electron chi connectivity index (χ2n) is 4.65. The monoisotopic (exact) mass is 293 g/mol. The van der Waals surface area contributed by atoms with Gasteiger partial charge in [-0.1, -0.05) is 0 Å². The Labute approximate surface area is 120 Å². The van der Waals surface area contributed by atoms with Gasteiger partial charge in [-0.3, -0.25) is 4.79 Å². The largest absolute Gasteiger partial charge is 0.381 e. The molecule has 0 radical (unpaired) electrons. The summed E-state index contributed by atoms with van der Waals surface area (Å²) in [4.78, 5) is 18.0. The maximum atomic E-state index is 13.7. The molecule has 0 fully saturated rings. The zero-order valence-electron chi connectivity index (χ0n) is 11.3. The van der Waals surface area contributed by atoms with Crippen molar-refractivity contribution in [3.8, 4) is 0 Å². The summed E-state index contributed by atoms with van der Waals surface area (Å²) in [6.07, 6.45) is 2.03. The van der Waals surface area contributed by atoms with E-state index < -0.39 is 11.7 Å². The van der Waals surface area contributed by atoms with Gasteiger partial charge in [0.25, 0.3) is 5.91 Å². The number of carbonyl (C=O) groups is 1. The number of halogens is 1. The second kappa shape index (κ2) is 6.00. The zero-order chi connectivity index (χ0) is 14.7. The van der Waals surface area contributed by atoms with E-state index in [4.69, 9.17) is 5.73 Å². The first-order valence-electron chi connectivity index (χ1n) is 6.23. The minimum absolute atomic E-state index is 0.0771. The number of anilines is 1. The molecule has 0 aromatic carbocycles. The molecule has 1 unspecified atom stereocenters. The molecule has 0 aliphatic rings. The lowest BCUT2D eigenvalue weighted by molar-refractivity contribution is 0.0936. The molecule has 0 aliphatic heterocycles. The van der Waals surface area contributed by atoms with Gasteiger partial charge >= 0.3 is 0 Å². The topological polar surface area (TPSA) is 68.0 Å². The Bertz CT molecular complexity index is 627. The van der Waals surface area contributed by atoms with Crippen LogP contribution in [0.25, 0.3) is 0 Å². The van der Waals surface area contributed by atoms with E-state index in [9.17, 15) is 9.18 Å². The van der Waals surface area contributed by atoms with Gasteiger partial charge in [0.05, 0.1) is 5.56 Å². The highest BCUT2D eigenvalue weighted by molar-refractivity contribution is 7.11. The van der Waals surface area contributed by atoms with Gasteiger partial charge in [0, 0.05) is 28.4 Å². The molecule has 3 N–H and O–H groups in total. The summed E-state index contributed by atoms with van der Waals surface area (Å²) in [6.45, 7) is 3.92. The molecule has 6 heteroatoms. The van der Waals surface area contributed by atoms with Gasteiger partial charge in [-0.05, 0) is 32.0 Å². The molecule has 2 heterocycles. The van der Waals surface area contributed by atoms with Gasteiger partial charge in [-0.15, -0.1) is 11.3 Å². The summed E-state index contributed by atoms with van der Waals surface area (Å²) < 4.78 is 13.7. The first-order chi connectivity index (χ1) is 9.47. The van der Waals surface area contributed by atoms with Crippen molar-refractivity contribution >= 4 is 23.1 Å². The molecular weight excluding hydrogens is 277 g/mol. The molecule has 2 rings (SSSR count). The lowest BCUT2D eigenvalue weighted by Crippen LogP contribution is -2.34. The highest BCUT2D eigenvalue weighted by atomic mass is 32.1. The van der Waals surface area contributed by atoms with E-state index >= 15 is 0 Å². The molecule has 0 saturated carbocycles. The summed E-state index contributed by atoms with van der Waals surface area (Å²) in [5.74, 6) is -1.51. The molecule has 106 valence electrons. The van der Waals surface area contributed by atoms with E-state index in [1.807, 2.05) is 26.0 Å². The number of aryl methyl sites for hydroxylation is 1. The molecule has 0 aliphatic carbocycles. The number of thiophene rings is 1. The third-order valence-corrected chi connectivity index (χ3v) is 3.86. The van der Waals surface area contributed by atoms with Crippen LogP contribution in [0.4, 0.5) is 10.2 Å². The Morgan fingerprint density at radius 3 is 2.90 bits per heavy atom. The van der Waals surface area contributed by atoms with Crippen molar-refractivity contribution in [2.75, 3.05) is 5.73 Å². The highest BCUT2D eigenvalue weighted by Gasteiger charge is 2.16. The lowest BCUT2D eigenvalue weighted by atomic mass is 10.1. The maximum Gasteiger partial charge on any atom is 0.254 e. The molecule has 0 bridgehead atoms. The fourth-order valence-electron chi connectivity index (χ4n) is 1.88. The second-order valence-corrected chi connectivity index (χ2v) is 6.02. The van der Waals surface area contributed by atoms with Gasteiger partial charge < -0.3 is 11.1 Å². The summed E-state index contributed by atoms with van der Waals surface area (Å²) in [7, 11) is 0. The van der Waals surface area contributed by atoms with E-state index in [0.717, 1.165) is 0 Å². The predicted octanol–water partition coefficient (Wildman–Crippen LogP) is 2.53. The Balaban J connectivity index is 2.02. The number of aromatic nitrogens is 1. The van der Waals surface area contributed by atoms with Crippen LogP contribution in [0.2, 0.25) is 0 Å². The number of pyridine rings is 1. The molecule has 1 amide bonds. The summed E-state index contributed by atoms with van der Waals surface area (Å²) >= 11 is 1.69. The summed E-state index contributed by atoms with van der Waals surface area (Å²) in [5, 5.41) is 2.77. The number of nitrogens with zero attached hydrogens (tertiary/aromatic N) is 1. The van der Waals surface area contributed by atoms with Gasteiger partial charge in [0.1, 0.15) is 0 Å². The van der Waals surface area contributed by atoms with Gasteiger partial charge in [0.15, 0.2) is 11.6 Å². The van der Waals surface area contributed by atoms with Crippen molar-refractivity contribution in [2.45, 2.75) is 26.3 Å². The van der Waals surface area contributed by atoms with E-state index in [-0.39, 0.29) is 17.4 Å². The maximum absolute atomic E-state index is 13.7. The van der Waals surface area contributed by atoms with Crippen molar-refractivity contribution in [3.63, 3.8) is 0 Å². The van der Waals surface area contributed by atoms with Crippen molar-refractivity contribution in [1.29, 1.82) is 0 Å². The van der Waals surface area contributed by atoms with Crippen LogP contribution in [0, 0.1) is 12.7 Å². The van der Waals surface area contributed by atoms with Crippen LogP contribution in [-0.2, 0) is 6.42 Å². The first kappa shape index (κ1) is 14.5. The van der Waals surface area contributed by atoms with Crippen LogP contribution < -0.4 is 11.1 Å². The minimum Gasteiger partial charge on any atom is -0.381 e. The zero-order valence-corrected chi connectivity index (χ0v) is 12.1. The van der Waals surface area contributed by atoms with E-state index in [1.165, 1.54) is 22.0 Å². The first-order valence-corrected chi connectivity index (χ1v) is 7.05. The van der Waals surface area contributed by atoms with Crippen LogP contribution in [0.3, 0.4) is 0 Å². The molecule has 2 aromatic heterocycles. The van der Waals surface area contributed by atoms with Gasteiger partial charge in [0.2, 0.25) is 0 Å². The summed E-state index contributed by atoms with van der Waals surface area (Å²) in [5.41, 5.74) is 5.27. The fourth-order valence-corrected chi connectivity index (χ4v) is 2.90. The van der Waals surface area contributed by atoms with Crippen molar-refractivity contribution < 1.29 is 9.18 Å². The number of nitrogens with one attached hydrogen (secondary N) is 1. The van der Waals surface area contributed by atoms with Crippen LogP contribution in [0.5, 0.6) is 0 Å². The number of hydrogen-bond acceptors (Lipinski definition) is 4. The van der Waals surface area contributed by atoms with Crippen molar-refractivity contribution in [2.24, 2.45) is 0 Å². The predicted molar refractivity (Wildman–Crippen MR) is 78.3 cm³/mol. The smallest absolute Gasteiger partial charge is 0.254 e. The van der Waals surface area contributed by atoms with Crippen LogP contribution in [0.15, 0.2) is 24.4 Å². The van der Waals surface area contributed by atoms with Crippen LogP contribution >= 0.6 is 11.3 Å². The third-order valence-electron chi connectivity index (χ3n) is 2.84. The van der Waals surface area contributed by atoms with Crippen molar-refractivity contribution in [3.05, 3.63) is 45.5 Å². The lowest BCUT2D eigenvalue weighted by Gasteiger charge is -2.13. The molecule has 0 saturated heterocycles. The molecule has 1 atom stereocenters. The molecule has 0 spiro atoms. The van der Waals surface area contributed by atoms with Crippen molar-refractivity contribution in [1.82, 2.24) is 10.3 Å². The average molecular weight is 293 g/mol. The fraction of sp³-hybridized carbons (Fsp3) is 0.286. The standard InChI is InChI=1S/C14H16FN3OS/c1-8(7-10-4-3-9(2)20-10)18-14(19)11-5-6-17-13(16)12(11)15/h3-6,8H,7H2,1-2H3,(H2,16,17)(H,18,19). The number of amides is 1. The van der Waals surface area contributed by atoms with Gasteiger partial charge in [-0.2, -0.15) is 0 Å².